The molecule has 0 spiro atoms. The number of fused-ring (bicyclic) bond motifs is 6. The Kier molecular flexibility index (Phi) is 7.16. The molecule has 0 N–H and O–H groups in total. The highest BCUT2D eigenvalue weighted by Crippen LogP contribution is 2.35. The summed E-state index contributed by atoms with van der Waals surface area (Å²) in [5.41, 5.74) is 9.41. The third-order valence-corrected chi connectivity index (χ3v) is 11.0. The van der Waals surface area contributed by atoms with Crippen molar-refractivity contribution in [2.45, 2.75) is 50.9 Å². The molecule has 227 valence electrons. The fraction of sp³-hybridized carbons (Fsp3) is 0.302. The number of piperidine rings is 1. The van der Waals surface area contributed by atoms with E-state index in [9.17, 15) is 0 Å². The van der Waals surface area contributed by atoms with Gasteiger partial charge in [-0.1, -0.05) is 85.3 Å². The van der Waals surface area contributed by atoms with Crippen molar-refractivity contribution >= 4 is 22.9 Å². The summed E-state index contributed by atoms with van der Waals surface area (Å²) in [5.74, 6) is 0.838. The molecule has 2 aliphatic carbocycles. The average molecular weight is 599 g/mol. The van der Waals surface area contributed by atoms with Crippen LogP contribution < -0.4 is 21.0 Å². The second-order valence-electron chi connectivity index (χ2n) is 13.7. The van der Waals surface area contributed by atoms with Crippen LogP contribution in [0.3, 0.4) is 0 Å². The van der Waals surface area contributed by atoms with Crippen molar-refractivity contribution in [3.63, 3.8) is 0 Å². The molecule has 3 nitrogen and oxygen atoms in total. The van der Waals surface area contributed by atoms with E-state index in [1.54, 1.807) is 11.1 Å². The largest absolute Gasteiger partial charge is 0.303 e. The molecule has 0 bridgehead atoms. The Bertz CT molecular complexity index is 2250. The van der Waals surface area contributed by atoms with Crippen LogP contribution in [0.4, 0.5) is 0 Å². The minimum absolute atomic E-state index is 0.411. The summed E-state index contributed by atoms with van der Waals surface area (Å²) >= 11 is 0. The predicted octanol–water partition coefficient (Wildman–Crippen LogP) is 5.31. The molecular weight excluding hydrogens is 558 g/mol. The Balaban J connectivity index is 1.23. The zero-order valence-electron chi connectivity index (χ0n) is 26.5. The topological polar surface area (TPSA) is 28.0 Å². The Morgan fingerprint density at radius 1 is 0.826 bits per heavy atom. The quantitative estimate of drug-likeness (QED) is 0.296. The Morgan fingerprint density at radius 2 is 1.67 bits per heavy atom. The van der Waals surface area contributed by atoms with Crippen LogP contribution in [-0.4, -0.2) is 36.8 Å². The van der Waals surface area contributed by atoms with E-state index in [0.717, 1.165) is 36.0 Å². The van der Waals surface area contributed by atoms with E-state index < -0.39 is 0 Å². The maximum atomic E-state index is 5.33. The van der Waals surface area contributed by atoms with E-state index in [1.807, 2.05) is 6.07 Å². The zero-order valence-corrected chi connectivity index (χ0v) is 26.5. The van der Waals surface area contributed by atoms with Crippen LogP contribution >= 0.6 is 0 Å². The number of benzene rings is 4. The first-order valence-corrected chi connectivity index (χ1v) is 17.4. The summed E-state index contributed by atoms with van der Waals surface area (Å²) in [6, 6.07) is 34.3. The van der Waals surface area contributed by atoms with Crippen LogP contribution in [0, 0.1) is 22.4 Å². The number of rotatable bonds is 6. The molecule has 0 amide bonds. The Labute approximate surface area is 271 Å². The minimum Gasteiger partial charge on any atom is -0.303 e. The Morgan fingerprint density at radius 3 is 2.59 bits per heavy atom. The molecule has 1 radical (unpaired) electrons. The molecule has 3 heteroatoms. The number of hydrogen-bond acceptors (Lipinski definition) is 3. The lowest BCUT2D eigenvalue weighted by Crippen LogP contribution is -2.34. The summed E-state index contributed by atoms with van der Waals surface area (Å²) in [7, 11) is 0. The van der Waals surface area contributed by atoms with Gasteiger partial charge in [0.1, 0.15) is 0 Å². The third-order valence-electron chi connectivity index (χ3n) is 11.0. The summed E-state index contributed by atoms with van der Waals surface area (Å²) in [6.45, 7) is 4.36. The van der Waals surface area contributed by atoms with Crippen LogP contribution in [-0.2, 0) is 12.8 Å². The van der Waals surface area contributed by atoms with E-state index in [1.165, 1.54) is 88.1 Å². The molecule has 1 fully saturated rings. The van der Waals surface area contributed by atoms with E-state index in [4.69, 9.17) is 9.98 Å². The van der Waals surface area contributed by atoms with E-state index in [0.29, 0.717) is 18.4 Å². The van der Waals surface area contributed by atoms with Crippen molar-refractivity contribution in [1.82, 2.24) is 4.90 Å². The van der Waals surface area contributed by atoms with Crippen molar-refractivity contribution < 1.29 is 0 Å². The summed E-state index contributed by atoms with van der Waals surface area (Å²) in [6.07, 6.45) is 13.4. The van der Waals surface area contributed by atoms with Crippen LogP contribution in [0.25, 0.3) is 17.2 Å². The molecule has 3 aliphatic heterocycles. The fourth-order valence-corrected chi connectivity index (χ4v) is 8.78. The van der Waals surface area contributed by atoms with E-state index in [-0.39, 0.29) is 0 Å². The van der Waals surface area contributed by atoms with E-state index >= 15 is 0 Å². The number of nitrogens with zero attached hydrogens (tertiary/aromatic N) is 3. The van der Waals surface area contributed by atoms with Gasteiger partial charge < -0.3 is 4.90 Å². The van der Waals surface area contributed by atoms with Crippen LogP contribution in [0.1, 0.15) is 54.7 Å². The first-order chi connectivity index (χ1) is 22.8. The maximum absolute atomic E-state index is 5.33. The molecule has 2 unspecified atom stereocenters. The molecule has 1 saturated heterocycles. The number of hydrogen-bond donors (Lipinski definition) is 0. The molecule has 46 heavy (non-hydrogen) atoms. The SMILES string of the molecule is [c]1ccc2c(c1)=C1CN=C(C3=c4ccc5c(c4CCC3Cc3ccccc3)C(CCN3CCCCC3)C=c3ccccc3=5)C=C1N=2. The van der Waals surface area contributed by atoms with Crippen LogP contribution in [0.5, 0.6) is 0 Å². The lowest BCUT2D eigenvalue weighted by Gasteiger charge is -2.32. The lowest BCUT2D eigenvalue weighted by atomic mass is 9.74. The highest BCUT2D eigenvalue weighted by molar-refractivity contribution is 6.27. The molecule has 4 aromatic rings. The number of aliphatic imine (C=N–C) groups is 1. The van der Waals surface area contributed by atoms with Gasteiger partial charge in [-0.15, -0.1) is 0 Å². The predicted molar refractivity (Wildman–Crippen MR) is 187 cm³/mol. The molecule has 5 aliphatic rings. The highest BCUT2D eigenvalue weighted by atomic mass is 15.1. The van der Waals surface area contributed by atoms with Gasteiger partial charge in [0.05, 0.1) is 23.3 Å². The monoisotopic (exact) mass is 598 g/mol. The second-order valence-corrected chi connectivity index (χ2v) is 13.7. The first kappa shape index (κ1) is 27.9. The van der Waals surface area contributed by atoms with Gasteiger partial charge in [0.2, 0.25) is 0 Å². The number of dihydropyridines is 1. The fourth-order valence-electron chi connectivity index (χ4n) is 8.78. The molecule has 0 saturated carbocycles. The van der Waals surface area contributed by atoms with Crippen molar-refractivity contribution in [2.24, 2.45) is 15.9 Å². The van der Waals surface area contributed by atoms with Gasteiger partial charge in [0.15, 0.2) is 0 Å². The van der Waals surface area contributed by atoms with Crippen molar-refractivity contribution in [3.8, 4) is 0 Å². The smallest absolute Gasteiger partial charge is 0.0716 e. The van der Waals surface area contributed by atoms with Crippen molar-refractivity contribution in [3.05, 3.63) is 151 Å². The summed E-state index contributed by atoms with van der Waals surface area (Å²) < 4.78 is 0. The molecule has 0 aromatic heterocycles. The van der Waals surface area contributed by atoms with Gasteiger partial charge in [-0.25, -0.2) is 4.99 Å². The standard InChI is InChI=1S/C43H40N3/c1-3-11-29(12-4-1)25-31-17-18-36-37(43(31)41-27-40-38(28-44-41)34-15-7-8-16-39(34)45-40)20-19-35-33-14-6-5-13-30(33)26-32(42(35)36)21-24-46-22-9-2-10-23-46/h1,3-6,8,11-16,19-20,26-27,31-32H,2,9-10,17-18,21-25,28H2. The van der Waals surface area contributed by atoms with Gasteiger partial charge in [-0.05, 0) is 131 Å². The van der Waals surface area contributed by atoms with Crippen LogP contribution in [0.15, 0.2) is 107 Å². The summed E-state index contributed by atoms with van der Waals surface area (Å²) in [5, 5.41) is 7.88. The van der Waals surface area contributed by atoms with Gasteiger partial charge in [-0.3, -0.25) is 4.99 Å². The average Bonchev–Trinajstić information content (AvgIpc) is 3.49. The summed E-state index contributed by atoms with van der Waals surface area (Å²) in [4.78, 5) is 13.1. The highest BCUT2D eigenvalue weighted by Gasteiger charge is 2.30. The van der Waals surface area contributed by atoms with Crippen LogP contribution in [0.2, 0.25) is 0 Å². The van der Waals surface area contributed by atoms with Gasteiger partial charge in [0.25, 0.3) is 0 Å². The Hall–Kier alpha value is -4.34. The van der Waals surface area contributed by atoms with Gasteiger partial charge >= 0.3 is 0 Å². The van der Waals surface area contributed by atoms with E-state index in [2.05, 4.69) is 102 Å². The molecule has 2 atom stereocenters. The maximum Gasteiger partial charge on any atom is 0.0716 e. The lowest BCUT2D eigenvalue weighted by molar-refractivity contribution is 0.224. The third kappa shape index (κ3) is 4.93. The number of likely N-dealkylation sites (tertiary alicyclic amines) is 1. The minimum atomic E-state index is 0.411. The molecule has 3 heterocycles. The molecular formula is C43H40N3. The molecule has 9 rings (SSSR count). The number of allylic oxidation sites excluding steroid dienone is 1. The first-order valence-electron chi connectivity index (χ1n) is 17.4. The molecule has 4 aromatic carbocycles. The van der Waals surface area contributed by atoms with Gasteiger partial charge in [0, 0.05) is 16.7 Å². The van der Waals surface area contributed by atoms with Gasteiger partial charge in [-0.2, -0.15) is 0 Å². The zero-order chi connectivity index (χ0) is 30.5. The van der Waals surface area contributed by atoms with Crippen molar-refractivity contribution in [1.29, 1.82) is 0 Å². The second kappa shape index (κ2) is 11.8. The van der Waals surface area contributed by atoms with Crippen molar-refractivity contribution in [2.75, 3.05) is 26.2 Å². The normalized spacial score (nSPS) is 21.5.